The third-order valence-electron chi connectivity index (χ3n) is 3.38. The van der Waals surface area contributed by atoms with E-state index >= 15 is 0 Å². The molecule has 0 unspecified atom stereocenters. The first-order valence-corrected chi connectivity index (χ1v) is 7.16. The highest BCUT2D eigenvalue weighted by molar-refractivity contribution is 5.82. The molecule has 2 heteroatoms. The highest BCUT2D eigenvalue weighted by Gasteiger charge is 1.97. The molecule has 2 aromatic carbocycles. The number of allylic oxidation sites excluding steroid dienone is 2. The van der Waals surface area contributed by atoms with Gasteiger partial charge in [-0.1, -0.05) is 29.8 Å². The molecule has 1 N–H and O–H groups in total. The Bertz CT molecular complexity index is 664. The van der Waals surface area contributed by atoms with Crippen molar-refractivity contribution in [3.05, 3.63) is 70.9 Å². The van der Waals surface area contributed by atoms with Crippen LogP contribution in [0.3, 0.4) is 0 Å². The Kier molecular flexibility index (Phi) is 4.94. The van der Waals surface area contributed by atoms with Gasteiger partial charge in [-0.15, -0.1) is 0 Å². The van der Waals surface area contributed by atoms with E-state index in [0.29, 0.717) is 0 Å². The molecule has 0 aliphatic rings. The molecule has 0 amide bonds. The molecule has 0 aliphatic carbocycles. The molecule has 0 radical (unpaired) electrons. The summed E-state index contributed by atoms with van der Waals surface area (Å²) in [7, 11) is 0. The minimum Gasteiger partial charge on any atom is -0.359 e. The van der Waals surface area contributed by atoms with E-state index in [0.717, 1.165) is 22.6 Å². The van der Waals surface area contributed by atoms with Gasteiger partial charge >= 0.3 is 0 Å². The standard InChI is InChI=1S/C19H22N2/c1-14-8-10-18(11-9-14)20-13-16(3)17(4)21-19-7-5-6-15(2)12-19/h5-13,21H,1-4H3/b17-16+,20-13-. The predicted octanol–water partition coefficient (Wildman–Crippen LogP) is 5.41. The van der Waals surface area contributed by atoms with Gasteiger partial charge in [0.2, 0.25) is 0 Å². The van der Waals surface area contributed by atoms with Crippen molar-refractivity contribution >= 4 is 17.6 Å². The fraction of sp³-hybridized carbons (Fsp3) is 0.211. The number of nitrogens with zero attached hydrogens (tertiary/aromatic N) is 1. The molecule has 0 fully saturated rings. The molecule has 2 aromatic rings. The van der Waals surface area contributed by atoms with Gasteiger partial charge < -0.3 is 5.32 Å². The smallest absolute Gasteiger partial charge is 0.0629 e. The quantitative estimate of drug-likeness (QED) is 0.743. The Morgan fingerprint density at radius 3 is 2.33 bits per heavy atom. The average Bonchev–Trinajstić information content (AvgIpc) is 2.46. The Balaban J connectivity index is 2.09. The number of anilines is 1. The molecule has 0 spiro atoms. The number of benzene rings is 2. The zero-order valence-corrected chi connectivity index (χ0v) is 13.1. The third-order valence-corrected chi connectivity index (χ3v) is 3.38. The SMILES string of the molecule is CC(/C=N\c1ccc(C)cc1)=C(/C)Nc1cccc(C)c1. The lowest BCUT2D eigenvalue weighted by Crippen LogP contribution is -1.99. The van der Waals surface area contributed by atoms with Crippen LogP contribution in [0, 0.1) is 13.8 Å². The summed E-state index contributed by atoms with van der Waals surface area (Å²) in [5, 5.41) is 3.42. The first kappa shape index (κ1) is 15.0. The van der Waals surface area contributed by atoms with Crippen LogP contribution in [0.15, 0.2) is 64.8 Å². The lowest BCUT2D eigenvalue weighted by atomic mass is 10.2. The molecule has 0 bridgehead atoms. The number of aliphatic imine (C=N–C) groups is 1. The monoisotopic (exact) mass is 278 g/mol. The summed E-state index contributed by atoms with van der Waals surface area (Å²) in [6.45, 7) is 8.30. The van der Waals surface area contributed by atoms with Crippen molar-refractivity contribution in [1.82, 2.24) is 0 Å². The zero-order chi connectivity index (χ0) is 15.2. The molecule has 0 atom stereocenters. The molecule has 21 heavy (non-hydrogen) atoms. The molecule has 0 aromatic heterocycles. The number of hydrogen-bond acceptors (Lipinski definition) is 2. The number of aryl methyl sites for hydroxylation is 2. The van der Waals surface area contributed by atoms with E-state index in [1.54, 1.807) is 0 Å². The van der Waals surface area contributed by atoms with E-state index in [2.05, 4.69) is 74.4 Å². The van der Waals surface area contributed by atoms with Gasteiger partial charge in [-0.05, 0) is 63.1 Å². The highest BCUT2D eigenvalue weighted by atomic mass is 14.9. The van der Waals surface area contributed by atoms with E-state index in [9.17, 15) is 0 Å². The van der Waals surface area contributed by atoms with Gasteiger partial charge in [-0.2, -0.15) is 0 Å². The van der Waals surface area contributed by atoms with E-state index in [4.69, 9.17) is 0 Å². The van der Waals surface area contributed by atoms with Crippen molar-refractivity contribution in [2.24, 2.45) is 4.99 Å². The number of rotatable bonds is 4. The van der Waals surface area contributed by atoms with Crippen LogP contribution in [0.1, 0.15) is 25.0 Å². The third kappa shape index (κ3) is 4.60. The molecule has 108 valence electrons. The topological polar surface area (TPSA) is 24.4 Å². The molecule has 0 saturated heterocycles. The lowest BCUT2D eigenvalue weighted by Gasteiger charge is -2.09. The maximum absolute atomic E-state index is 4.50. The van der Waals surface area contributed by atoms with Gasteiger partial charge in [0.15, 0.2) is 0 Å². The molecule has 0 heterocycles. The summed E-state index contributed by atoms with van der Waals surface area (Å²) >= 11 is 0. The van der Waals surface area contributed by atoms with Crippen LogP contribution in [0.2, 0.25) is 0 Å². The minimum absolute atomic E-state index is 0.975. The minimum atomic E-state index is 0.975. The van der Waals surface area contributed by atoms with Gasteiger partial charge in [-0.25, -0.2) is 0 Å². The Morgan fingerprint density at radius 1 is 0.952 bits per heavy atom. The van der Waals surface area contributed by atoms with Crippen LogP contribution in [0.5, 0.6) is 0 Å². The van der Waals surface area contributed by atoms with Crippen LogP contribution < -0.4 is 5.32 Å². The summed E-state index contributed by atoms with van der Waals surface area (Å²) in [6.07, 6.45) is 1.91. The van der Waals surface area contributed by atoms with Crippen LogP contribution in [0.4, 0.5) is 11.4 Å². The molecule has 2 nitrogen and oxygen atoms in total. The van der Waals surface area contributed by atoms with Crippen molar-refractivity contribution < 1.29 is 0 Å². The van der Waals surface area contributed by atoms with Crippen molar-refractivity contribution in [2.45, 2.75) is 27.7 Å². The molecular formula is C19H22N2. The summed E-state index contributed by atoms with van der Waals surface area (Å²) in [5.74, 6) is 0. The van der Waals surface area contributed by atoms with E-state index in [1.807, 2.05) is 18.3 Å². The van der Waals surface area contributed by atoms with Gasteiger partial charge in [0.05, 0.1) is 5.69 Å². The summed E-state index contributed by atoms with van der Waals surface area (Å²) in [5.41, 5.74) is 6.81. The van der Waals surface area contributed by atoms with Gasteiger partial charge in [0.25, 0.3) is 0 Å². The van der Waals surface area contributed by atoms with E-state index in [1.165, 1.54) is 11.1 Å². The van der Waals surface area contributed by atoms with Crippen molar-refractivity contribution in [3.8, 4) is 0 Å². The second kappa shape index (κ2) is 6.89. The first-order chi connectivity index (χ1) is 10.0. The lowest BCUT2D eigenvalue weighted by molar-refractivity contribution is 1.31. The Labute approximate surface area is 127 Å². The second-order valence-corrected chi connectivity index (χ2v) is 5.40. The number of nitrogens with one attached hydrogen (secondary N) is 1. The van der Waals surface area contributed by atoms with Crippen LogP contribution in [-0.4, -0.2) is 6.21 Å². The van der Waals surface area contributed by atoms with Crippen LogP contribution in [0.25, 0.3) is 0 Å². The normalized spacial score (nSPS) is 12.4. The predicted molar refractivity (Wildman–Crippen MR) is 92.5 cm³/mol. The number of hydrogen-bond donors (Lipinski definition) is 1. The Hall–Kier alpha value is -2.35. The van der Waals surface area contributed by atoms with E-state index in [-0.39, 0.29) is 0 Å². The average molecular weight is 278 g/mol. The molecular weight excluding hydrogens is 256 g/mol. The second-order valence-electron chi connectivity index (χ2n) is 5.40. The molecule has 2 rings (SSSR count). The summed E-state index contributed by atoms with van der Waals surface area (Å²) in [4.78, 5) is 4.50. The van der Waals surface area contributed by atoms with Crippen LogP contribution >= 0.6 is 0 Å². The van der Waals surface area contributed by atoms with Crippen molar-refractivity contribution in [2.75, 3.05) is 5.32 Å². The van der Waals surface area contributed by atoms with Gasteiger partial charge in [0.1, 0.15) is 0 Å². The fourth-order valence-corrected chi connectivity index (χ4v) is 1.94. The zero-order valence-electron chi connectivity index (χ0n) is 13.1. The van der Waals surface area contributed by atoms with Gasteiger partial charge in [-0.3, -0.25) is 4.99 Å². The largest absolute Gasteiger partial charge is 0.359 e. The summed E-state index contributed by atoms with van der Waals surface area (Å²) in [6, 6.07) is 16.6. The van der Waals surface area contributed by atoms with Crippen LogP contribution in [-0.2, 0) is 0 Å². The highest BCUT2D eigenvalue weighted by Crippen LogP contribution is 2.15. The summed E-state index contributed by atoms with van der Waals surface area (Å²) < 4.78 is 0. The Morgan fingerprint density at radius 2 is 1.67 bits per heavy atom. The molecule has 0 saturated carbocycles. The fourth-order valence-electron chi connectivity index (χ4n) is 1.94. The maximum atomic E-state index is 4.50. The van der Waals surface area contributed by atoms with Crippen molar-refractivity contribution in [1.29, 1.82) is 0 Å². The maximum Gasteiger partial charge on any atom is 0.0629 e. The van der Waals surface area contributed by atoms with Crippen molar-refractivity contribution in [3.63, 3.8) is 0 Å². The van der Waals surface area contributed by atoms with E-state index < -0.39 is 0 Å². The van der Waals surface area contributed by atoms with Gasteiger partial charge in [0, 0.05) is 17.6 Å². The first-order valence-electron chi connectivity index (χ1n) is 7.16. The molecule has 0 aliphatic heterocycles.